The molecule has 0 bridgehead atoms. The fourth-order valence-corrected chi connectivity index (χ4v) is 3.74. The molecule has 0 aromatic heterocycles. The molecule has 20 heavy (non-hydrogen) atoms. The van der Waals surface area contributed by atoms with Crippen molar-refractivity contribution in [1.29, 1.82) is 0 Å². The molecular formula is C16H17NOS2. The lowest BCUT2D eigenvalue weighted by molar-refractivity contribution is -0.107. The molecule has 1 aliphatic heterocycles. The van der Waals surface area contributed by atoms with E-state index in [0.717, 1.165) is 15.7 Å². The van der Waals surface area contributed by atoms with E-state index in [-0.39, 0.29) is 5.12 Å². The first kappa shape index (κ1) is 15.1. The Balaban J connectivity index is 2.33. The van der Waals surface area contributed by atoms with Gasteiger partial charge in [0.05, 0.1) is 0 Å². The SMILES string of the molecule is C=CCSC1=N/C(=C\c2c(C)cc(C)cc2C)C(=O)S1. The summed E-state index contributed by atoms with van der Waals surface area (Å²) >= 11 is 2.75. The van der Waals surface area contributed by atoms with Crippen molar-refractivity contribution in [1.82, 2.24) is 0 Å². The third kappa shape index (κ3) is 3.44. The molecule has 104 valence electrons. The maximum atomic E-state index is 12.0. The van der Waals surface area contributed by atoms with E-state index >= 15 is 0 Å². The van der Waals surface area contributed by atoms with Crippen LogP contribution in [0.3, 0.4) is 0 Å². The summed E-state index contributed by atoms with van der Waals surface area (Å²) < 4.78 is 0.809. The number of carbonyl (C=O) groups is 1. The zero-order chi connectivity index (χ0) is 14.7. The smallest absolute Gasteiger partial charge is 0.244 e. The third-order valence-electron chi connectivity index (χ3n) is 2.94. The van der Waals surface area contributed by atoms with Gasteiger partial charge in [-0.25, -0.2) is 4.99 Å². The third-order valence-corrected chi connectivity index (χ3v) is 4.95. The van der Waals surface area contributed by atoms with Crippen LogP contribution >= 0.6 is 23.5 Å². The van der Waals surface area contributed by atoms with Gasteiger partial charge in [-0.05, 0) is 55.3 Å². The van der Waals surface area contributed by atoms with Crippen LogP contribution in [0.2, 0.25) is 0 Å². The molecule has 0 aliphatic carbocycles. The molecule has 0 radical (unpaired) electrons. The second-order valence-electron chi connectivity index (χ2n) is 4.71. The minimum atomic E-state index is 0.0240. The molecule has 1 aromatic rings. The van der Waals surface area contributed by atoms with Crippen molar-refractivity contribution in [2.24, 2.45) is 4.99 Å². The largest absolute Gasteiger partial charge is 0.279 e. The Morgan fingerprint density at radius 1 is 1.30 bits per heavy atom. The molecule has 0 atom stereocenters. The first-order valence-electron chi connectivity index (χ1n) is 6.35. The number of carbonyl (C=O) groups excluding carboxylic acids is 1. The molecule has 1 aromatic carbocycles. The Labute approximate surface area is 128 Å². The lowest BCUT2D eigenvalue weighted by atomic mass is 9.99. The van der Waals surface area contributed by atoms with Crippen molar-refractivity contribution >= 4 is 39.1 Å². The first-order chi connectivity index (χ1) is 9.51. The fourth-order valence-electron chi connectivity index (χ4n) is 2.14. The number of rotatable bonds is 3. The molecule has 0 N–H and O–H groups in total. The summed E-state index contributed by atoms with van der Waals surface area (Å²) in [7, 11) is 0. The van der Waals surface area contributed by atoms with Gasteiger partial charge in [0.15, 0.2) is 0 Å². The van der Waals surface area contributed by atoms with E-state index in [1.165, 1.54) is 28.5 Å². The van der Waals surface area contributed by atoms with Crippen LogP contribution in [0.5, 0.6) is 0 Å². The van der Waals surface area contributed by atoms with E-state index < -0.39 is 0 Å². The predicted octanol–water partition coefficient (Wildman–Crippen LogP) is 4.50. The van der Waals surface area contributed by atoms with Crippen molar-refractivity contribution in [2.45, 2.75) is 20.8 Å². The van der Waals surface area contributed by atoms with Crippen LogP contribution in [-0.4, -0.2) is 15.2 Å². The number of thioether (sulfide) groups is 2. The molecule has 1 aliphatic rings. The normalized spacial score (nSPS) is 16.6. The van der Waals surface area contributed by atoms with Crippen molar-refractivity contribution in [3.8, 4) is 0 Å². The summed E-state index contributed by atoms with van der Waals surface area (Å²) in [6.07, 6.45) is 3.72. The van der Waals surface area contributed by atoms with Gasteiger partial charge >= 0.3 is 0 Å². The highest BCUT2D eigenvalue weighted by atomic mass is 32.2. The van der Waals surface area contributed by atoms with Gasteiger partial charge in [-0.15, -0.1) is 6.58 Å². The van der Waals surface area contributed by atoms with E-state index in [0.29, 0.717) is 5.70 Å². The van der Waals surface area contributed by atoms with E-state index in [9.17, 15) is 4.79 Å². The Morgan fingerprint density at radius 2 is 1.95 bits per heavy atom. The van der Waals surface area contributed by atoms with Crippen molar-refractivity contribution in [3.05, 3.63) is 52.7 Å². The topological polar surface area (TPSA) is 29.4 Å². The average molecular weight is 303 g/mol. The molecule has 0 saturated carbocycles. The zero-order valence-electron chi connectivity index (χ0n) is 11.9. The van der Waals surface area contributed by atoms with Crippen molar-refractivity contribution in [3.63, 3.8) is 0 Å². The van der Waals surface area contributed by atoms with Gasteiger partial charge in [-0.2, -0.15) is 0 Å². The molecule has 0 saturated heterocycles. The van der Waals surface area contributed by atoms with Crippen molar-refractivity contribution in [2.75, 3.05) is 5.75 Å². The number of aryl methyl sites for hydroxylation is 3. The summed E-state index contributed by atoms with van der Waals surface area (Å²) in [6.45, 7) is 9.88. The van der Waals surface area contributed by atoms with Crippen LogP contribution in [0.15, 0.2) is 35.5 Å². The van der Waals surface area contributed by atoms with Crippen LogP contribution in [0.1, 0.15) is 22.3 Å². The minimum Gasteiger partial charge on any atom is -0.279 e. The molecule has 0 amide bonds. The zero-order valence-corrected chi connectivity index (χ0v) is 13.5. The van der Waals surface area contributed by atoms with Gasteiger partial charge in [0.1, 0.15) is 10.1 Å². The number of benzene rings is 1. The van der Waals surface area contributed by atoms with Crippen LogP contribution in [-0.2, 0) is 4.79 Å². The molecule has 1 heterocycles. The quantitative estimate of drug-likeness (QED) is 0.608. The number of hydrogen-bond acceptors (Lipinski definition) is 4. The lowest BCUT2D eigenvalue weighted by Crippen LogP contribution is -1.93. The number of hydrogen-bond donors (Lipinski definition) is 0. The Morgan fingerprint density at radius 3 is 2.55 bits per heavy atom. The summed E-state index contributed by atoms with van der Waals surface area (Å²) in [5, 5.41) is 0.0240. The van der Waals surface area contributed by atoms with Gasteiger partial charge in [0.25, 0.3) is 0 Å². The molecule has 4 heteroatoms. The maximum absolute atomic E-state index is 12.0. The molecular weight excluding hydrogens is 286 g/mol. The predicted molar refractivity (Wildman–Crippen MR) is 91.3 cm³/mol. The summed E-state index contributed by atoms with van der Waals surface area (Å²) in [5.74, 6) is 0.773. The lowest BCUT2D eigenvalue weighted by Gasteiger charge is -2.07. The van der Waals surface area contributed by atoms with Gasteiger partial charge < -0.3 is 0 Å². The molecule has 0 fully saturated rings. The first-order valence-corrected chi connectivity index (χ1v) is 8.15. The fraction of sp³-hybridized carbons (Fsp3) is 0.250. The molecule has 2 rings (SSSR count). The number of nitrogens with zero attached hydrogens (tertiary/aromatic N) is 1. The summed E-state index contributed by atoms with van der Waals surface area (Å²) in [6, 6.07) is 4.26. The Bertz CT molecular complexity index is 606. The highest BCUT2D eigenvalue weighted by Crippen LogP contribution is 2.32. The monoisotopic (exact) mass is 303 g/mol. The van der Waals surface area contributed by atoms with Crippen LogP contribution in [0.4, 0.5) is 0 Å². The number of aliphatic imine (C=N–C) groups is 1. The highest BCUT2D eigenvalue weighted by Gasteiger charge is 2.22. The van der Waals surface area contributed by atoms with Crippen molar-refractivity contribution < 1.29 is 4.79 Å². The summed E-state index contributed by atoms with van der Waals surface area (Å²) in [5.41, 5.74) is 5.22. The second kappa shape index (κ2) is 6.46. The molecule has 0 unspecified atom stereocenters. The Kier molecular flexibility index (Phi) is 4.89. The van der Waals surface area contributed by atoms with Crippen LogP contribution in [0.25, 0.3) is 6.08 Å². The van der Waals surface area contributed by atoms with E-state index in [2.05, 4.69) is 44.5 Å². The average Bonchev–Trinajstić information content (AvgIpc) is 2.72. The Hall–Kier alpha value is -1.26. The second-order valence-corrected chi connectivity index (χ2v) is 6.94. The minimum absolute atomic E-state index is 0.0240. The van der Waals surface area contributed by atoms with E-state index in [1.807, 2.05) is 12.2 Å². The van der Waals surface area contributed by atoms with Gasteiger partial charge in [-0.1, -0.05) is 35.5 Å². The van der Waals surface area contributed by atoms with E-state index in [4.69, 9.17) is 0 Å². The molecule has 0 spiro atoms. The van der Waals surface area contributed by atoms with Gasteiger partial charge in [-0.3, -0.25) is 4.79 Å². The summed E-state index contributed by atoms with van der Waals surface area (Å²) in [4.78, 5) is 16.4. The van der Waals surface area contributed by atoms with Crippen LogP contribution < -0.4 is 0 Å². The van der Waals surface area contributed by atoms with Gasteiger partial charge in [0, 0.05) is 5.75 Å². The van der Waals surface area contributed by atoms with E-state index in [1.54, 1.807) is 11.8 Å². The van der Waals surface area contributed by atoms with Crippen LogP contribution in [0, 0.1) is 20.8 Å². The standard InChI is InChI=1S/C16H17NOS2/c1-5-6-19-16-17-14(15(18)20-16)9-13-11(3)7-10(2)8-12(13)4/h5,7-9H,1,6H2,2-4H3/b14-9-. The maximum Gasteiger partial charge on any atom is 0.244 e. The highest BCUT2D eigenvalue weighted by molar-refractivity contribution is 8.45. The molecule has 2 nitrogen and oxygen atoms in total. The van der Waals surface area contributed by atoms with Gasteiger partial charge in [0.2, 0.25) is 5.12 Å².